The number of carbonyl (C=O) groups excluding carboxylic acids is 1. The molecule has 0 aromatic heterocycles. The van der Waals surface area contributed by atoms with E-state index in [1.165, 1.54) is 5.32 Å². The Labute approximate surface area is 99.7 Å². The zero-order valence-electron chi connectivity index (χ0n) is 9.00. The molecule has 0 rings (SSSR count). The van der Waals surface area contributed by atoms with Crippen molar-refractivity contribution in [2.24, 2.45) is 0 Å². The quantitative estimate of drug-likeness (QED) is 0.549. The Morgan fingerprint density at radius 2 is 2.00 bits per heavy atom. The van der Waals surface area contributed by atoms with Crippen LogP contribution >= 0.6 is 0 Å². The number of urea groups is 1. The van der Waals surface area contributed by atoms with Gasteiger partial charge in [0.25, 0.3) is 0 Å². The Hall–Kier alpha value is -1.98. The van der Waals surface area contributed by atoms with Crippen LogP contribution in [0.2, 0.25) is 0 Å². The van der Waals surface area contributed by atoms with Gasteiger partial charge in [0.15, 0.2) is 0 Å². The van der Waals surface area contributed by atoms with Crippen molar-refractivity contribution in [1.29, 1.82) is 0 Å². The van der Waals surface area contributed by atoms with Crippen LogP contribution in [-0.2, 0) is 4.79 Å². The molecule has 0 heterocycles. The summed E-state index contributed by atoms with van der Waals surface area (Å²) in [6.07, 6.45) is 0.908. The number of carboxylic acid groups (broad SMARTS) is 1. The second kappa shape index (κ2) is 6.68. The summed E-state index contributed by atoms with van der Waals surface area (Å²) in [4.78, 5) is 22.1. The molecule has 0 aliphatic rings. The van der Waals surface area contributed by atoms with Crippen molar-refractivity contribution in [1.82, 2.24) is 10.2 Å². The number of nitrogens with zero attached hydrogens (tertiary/aromatic N) is 1. The van der Waals surface area contributed by atoms with Gasteiger partial charge >= 0.3 is 24.3 Å². The first-order valence-corrected chi connectivity index (χ1v) is 4.54. The minimum atomic E-state index is -4.39. The maximum absolute atomic E-state index is 12.5. The Bertz CT molecular complexity index is 354. The normalized spacial score (nSPS) is 10.9. The Balaban J connectivity index is 4.44. The van der Waals surface area contributed by atoms with E-state index in [2.05, 4.69) is 0 Å². The number of amides is 2. The second-order valence-electron chi connectivity index (χ2n) is 3.17. The van der Waals surface area contributed by atoms with Gasteiger partial charge in [-0.15, -0.1) is 6.42 Å². The van der Waals surface area contributed by atoms with E-state index in [9.17, 15) is 27.2 Å². The third-order valence-corrected chi connectivity index (χ3v) is 1.69. The predicted molar refractivity (Wildman–Crippen MR) is 52.4 cm³/mol. The average molecular weight is 270 g/mol. The van der Waals surface area contributed by atoms with E-state index in [0.717, 1.165) is 0 Å². The first-order valence-electron chi connectivity index (χ1n) is 4.54. The maximum atomic E-state index is 12.5. The van der Waals surface area contributed by atoms with Crippen molar-refractivity contribution in [2.45, 2.75) is 12.3 Å². The molecule has 0 fully saturated rings. The zero-order valence-corrected chi connectivity index (χ0v) is 9.00. The topological polar surface area (TPSA) is 69.6 Å². The number of halogens is 4. The van der Waals surface area contributed by atoms with Crippen molar-refractivity contribution < 1.29 is 32.3 Å². The number of carbonyl (C=O) groups is 2. The van der Waals surface area contributed by atoms with Gasteiger partial charge in [0.1, 0.15) is 6.54 Å². The van der Waals surface area contributed by atoms with Gasteiger partial charge in [-0.05, 0) is 0 Å². The molecule has 0 saturated carbocycles. The lowest BCUT2D eigenvalue weighted by atomic mass is 10.3. The highest BCUT2D eigenvalue weighted by molar-refractivity contribution is 5.80. The van der Waals surface area contributed by atoms with Gasteiger partial charge in [0, 0.05) is 0 Å². The van der Waals surface area contributed by atoms with Gasteiger partial charge in [0.2, 0.25) is 0 Å². The van der Waals surface area contributed by atoms with Crippen molar-refractivity contribution in [3.63, 3.8) is 0 Å². The Morgan fingerprint density at radius 1 is 1.44 bits per heavy atom. The smallest absolute Gasteiger partial charge is 0.324 e. The molecule has 2 amide bonds. The number of terminal acetylenes is 1. The monoisotopic (exact) mass is 270 g/mol. The zero-order chi connectivity index (χ0) is 14.3. The molecular formula is C9H10F4N2O3. The van der Waals surface area contributed by atoms with Crippen LogP contribution in [0.1, 0.15) is 0 Å². The summed E-state index contributed by atoms with van der Waals surface area (Å²) in [5.74, 6) is -3.86. The fourth-order valence-electron chi connectivity index (χ4n) is 0.855. The third-order valence-electron chi connectivity index (χ3n) is 1.69. The van der Waals surface area contributed by atoms with E-state index in [1.54, 1.807) is 0 Å². The van der Waals surface area contributed by atoms with Crippen LogP contribution in [0, 0.1) is 12.3 Å². The number of nitrogens with one attached hydrogen (secondary N) is 1. The predicted octanol–water partition coefficient (Wildman–Crippen LogP) is 0.616. The lowest BCUT2D eigenvalue weighted by Gasteiger charge is -2.21. The Kier molecular flexibility index (Phi) is 5.95. The van der Waals surface area contributed by atoms with Crippen LogP contribution in [0.25, 0.3) is 0 Å². The minimum absolute atomic E-state index is 0.446. The molecule has 5 nitrogen and oxygen atoms in total. The fraction of sp³-hybridized carbons (Fsp3) is 0.556. The number of alkyl halides is 4. The second-order valence-corrected chi connectivity index (χ2v) is 3.17. The molecule has 9 heteroatoms. The van der Waals surface area contributed by atoms with Crippen molar-refractivity contribution in [3.05, 3.63) is 0 Å². The van der Waals surface area contributed by atoms with Crippen LogP contribution < -0.4 is 5.32 Å². The van der Waals surface area contributed by atoms with Crippen LogP contribution in [0.4, 0.5) is 22.4 Å². The summed E-state index contributed by atoms with van der Waals surface area (Å²) in [6.45, 7) is -2.88. The van der Waals surface area contributed by atoms with E-state index < -0.39 is 44.0 Å². The summed E-state index contributed by atoms with van der Waals surface area (Å²) < 4.78 is 48.5. The lowest BCUT2D eigenvalue weighted by Crippen LogP contribution is -2.48. The summed E-state index contributed by atoms with van der Waals surface area (Å²) in [6, 6.07) is -1.25. The van der Waals surface area contributed by atoms with Gasteiger partial charge in [-0.3, -0.25) is 4.79 Å². The van der Waals surface area contributed by atoms with Crippen LogP contribution in [0.3, 0.4) is 0 Å². The van der Waals surface area contributed by atoms with Gasteiger partial charge in [-0.1, -0.05) is 5.92 Å². The van der Waals surface area contributed by atoms with E-state index in [0.29, 0.717) is 4.90 Å². The average Bonchev–Trinajstić information content (AvgIpc) is 2.24. The standard InChI is InChI=1S/C9H10F4N2O3/c1-2-3-15(4-6(16)17)8(18)14-5-9(12,13)7(10)11/h1,7H,3-5H2,(H,14,18)(H,16,17). The van der Waals surface area contributed by atoms with Crippen LogP contribution in [0.5, 0.6) is 0 Å². The minimum Gasteiger partial charge on any atom is -0.480 e. The third kappa shape index (κ3) is 5.38. The number of carboxylic acids is 1. The number of hydrogen-bond acceptors (Lipinski definition) is 2. The van der Waals surface area contributed by atoms with Crippen molar-refractivity contribution >= 4 is 12.0 Å². The molecule has 18 heavy (non-hydrogen) atoms. The van der Waals surface area contributed by atoms with E-state index in [1.807, 2.05) is 5.92 Å². The van der Waals surface area contributed by atoms with Gasteiger partial charge in [-0.2, -0.15) is 8.78 Å². The molecule has 0 spiro atoms. The molecule has 0 atom stereocenters. The Morgan fingerprint density at radius 3 is 2.39 bits per heavy atom. The first kappa shape index (κ1) is 16.0. The first-order chi connectivity index (χ1) is 8.20. The van der Waals surface area contributed by atoms with E-state index in [-0.39, 0.29) is 0 Å². The summed E-state index contributed by atoms with van der Waals surface area (Å²) in [5, 5.41) is 9.91. The van der Waals surface area contributed by atoms with Gasteiger partial charge in [-0.25, -0.2) is 13.6 Å². The largest absolute Gasteiger partial charge is 0.480 e. The molecule has 0 radical (unpaired) electrons. The van der Waals surface area contributed by atoms with Gasteiger partial charge in [0.05, 0.1) is 13.1 Å². The molecule has 0 unspecified atom stereocenters. The molecule has 0 aliphatic heterocycles. The number of rotatable bonds is 6. The van der Waals surface area contributed by atoms with E-state index >= 15 is 0 Å². The summed E-state index contributed by atoms with van der Waals surface area (Å²) in [7, 11) is 0. The number of aliphatic carboxylic acids is 1. The molecule has 0 aromatic carbocycles. The molecule has 102 valence electrons. The molecule has 0 bridgehead atoms. The lowest BCUT2D eigenvalue weighted by molar-refractivity contribution is -0.137. The maximum Gasteiger partial charge on any atom is 0.324 e. The van der Waals surface area contributed by atoms with Crippen molar-refractivity contribution in [3.8, 4) is 12.3 Å². The van der Waals surface area contributed by atoms with Crippen molar-refractivity contribution in [2.75, 3.05) is 19.6 Å². The highest BCUT2D eigenvalue weighted by Crippen LogP contribution is 2.21. The van der Waals surface area contributed by atoms with Crippen LogP contribution in [-0.4, -0.2) is 54.0 Å². The molecule has 2 N–H and O–H groups in total. The molecule has 0 aromatic rings. The summed E-state index contributed by atoms with van der Waals surface area (Å²) >= 11 is 0. The molecule has 0 saturated heterocycles. The van der Waals surface area contributed by atoms with E-state index in [4.69, 9.17) is 11.5 Å². The molecular weight excluding hydrogens is 260 g/mol. The van der Waals surface area contributed by atoms with Gasteiger partial charge < -0.3 is 15.3 Å². The SMILES string of the molecule is C#CCN(CC(=O)O)C(=O)NCC(F)(F)C(F)F. The summed E-state index contributed by atoms with van der Waals surface area (Å²) in [5.41, 5.74) is 0. The highest BCUT2D eigenvalue weighted by Gasteiger charge is 2.41. The fourth-order valence-corrected chi connectivity index (χ4v) is 0.855. The van der Waals surface area contributed by atoms with Crippen LogP contribution in [0.15, 0.2) is 0 Å². The number of hydrogen-bond donors (Lipinski definition) is 2. The highest BCUT2D eigenvalue weighted by atomic mass is 19.3. The molecule has 0 aliphatic carbocycles.